The van der Waals surface area contributed by atoms with Gasteiger partial charge in [0.05, 0.1) is 30.6 Å². The zero-order valence-corrected chi connectivity index (χ0v) is 10.2. The Morgan fingerprint density at radius 2 is 2.44 bits per heavy atom. The van der Waals surface area contributed by atoms with Crippen molar-refractivity contribution in [2.45, 2.75) is 6.54 Å². The summed E-state index contributed by atoms with van der Waals surface area (Å²) in [5.74, 6) is 1.82. The van der Waals surface area contributed by atoms with Gasteiger partial charge in [0.15, 0.2) is 0 Å². The molecule has 0 fully saturated rings. The van der Waals surface area contributed by atoms with Gasteiger partial charge in [-0.05, 0) is 28.1 Å². The number of hydrogen-bond acceptors (Lipinski definition) is 5. The van der Waals surface area contributed by atoms with Gasteiger partial charge < -0.3 is 14.5 Å². The molecule has 0 radical (unpaired) electrons. The van der Waals surface area contributed by atoms with Crippen molar-refractivity contribution in [3.05, 3.63) is 34.8 Å². The summed E-state index contributed by atoms with van der Waals surface area (Å²) in [4.78, 5) is 8.25. The normalized spacial score (nSPS) is 10.1. The molecule has 2 aromatic heterocycles. The molecule has 0 atom stereocenters. The summed E-state index contributed by atoms with van der Waals surface area (Å²) in [6.45, 7) is 0.539. The zero-order valence-electron chi connectivity index (χ0n) is 8.61. The van der Waals surface area contributed by atoms with E-state index in [2.05, 4.69) is 31.2 Å². The van der Waals surface area contributed by atoms with E-state index in [1.165, 1.54) is 0 Å². The van der Waals surface area contributed by atoms with Crippen LogP contribution in [-0.2, 0) is 6.54 Å². The topological polar surface area (TPSA) is 60.2 Å². The van der Waals surface area contributed by atoms with E-state index >= 15 is 0 Å². The second-order valence-corrected chi connectivity index (χ2v) is 3.84. The second kappa shape index (κ2) is 4.98. The molecular formula is C10H10BrN3O2. The lowest BCUT2D eigenvalue weighted by Gasteiger charge is -2.05. The highest BCUT2D eigenvalue weighted by Gasteiger charge is 2.05. The number of methoxy groups -OCH3 is 1. The smallest absolute Gasteiger partial charge is 0.232 e. The van der Waals surface area contributed by atoms with Crippen molar-refractivity contribution in [3.63, 3.8) is 0 Å². The monoisotopic (exact) mass is 283 g/mol. The summed E-state index contributed by atoms with van der Waals surface area (Å²) in [6, 6.07) is 3.71. The van der Waals surface area contributed by atoms with Gasteiger partial charge >= 0.3 is 0 Å². The summed E-state index contributed by atoms with van der Waals surface area (Å²) in [7, 11) is 1.56. The number of anilines is 1. The van der Waals surface area contributed by atoms with Crippen molar-refractivity contribution in [2.24, 2.45) is 0 Å². The number of nitrogens with one attached hydrogen (secondary N) is 1. The molecule has 84 valence electrons. The first-order valence-corrected chi connectivity index (χ1v) is 5.41. The number of rotatable bonds is 4. The first kappa shape index (κ1) is 10.9. The van der Waals surface area contributed by atoms with Gasteiger partial charge in [0, 0.05) is 0 Å². The Labute approximate surface area is 101 Å². The molecule has 0 saturated heterocycles. The van der Waals surface area contributed by atoms with Gasteiger partial charge in [-0.25, -0.2) is 4.98 Å². The SMILES string of the molecule is COc1nc(NCc2ccco2)ncc1Br. The molecule has 0 bridgehead atoms. The Kier molecular flexibility index (Phi) is 3.40. The summed E-state index contributed by atoms with van der Waals surface area (Å²) in [6.07, 6.45) is 3.26. The van der Waals surface area contributed by atoms with Crippen LogP contribution < -0.4 is 10.1 Å². The molecule has 0 amide bonds. The van der Waals surface area contributed by atoms with E-state index in [-0.39, 0.29) is 0 Å². The van der Waals surface area contributed by atoms with Gasteiger partial charge in [-0.15, -0.1) is 0 Å². The standard InChI is InChI=1S/C10H10BrN3O2/c1-15-9-8(11)6-13-10(14-9)12-5-7-3-2-4-16-7/h2-4,6H,5H2,1H3,(H,12,13,14). The van der Waals surface area contributed by atoms with Crippen molar-refractivity contribution >= 4 is 21.9 Å². The fourth-order valence-electron chi connectivity index (χ4n) is 1.16. The maximum atomic E-state index is 5.18. The van der Waals surface area contributed by atoms with E-state index in [4.69, 9.17) is 9.15 Å². The molecule has 16 heavy (non-hydrogen) atoms. The Morgan fingerprint density at radius 3 is 3.12 bits per heavy atom. The summed E-state index contributed by atoms with van der Waals surface area (Å²) < 4.78 is 11.0. The van der Waals surface area contributed by atoms with Gasteiger partial charge in [0.25, 0.3) is 0 Å². The van der Waals surface area contributed by atoms with Crippen LogP contribution in [0.25, 0.3) is 0 Å². The number of halogens is 1. The largest absolute Gasteiger partial charge is 0.480 e. The molecule has 0 aliphatic heterocycles. The molecule has 2 heterocycles. The molecule has 0 aliphatic carbocycles. The maximum absolute atomic E-state index is 5.18. The second-order valence-electron chi connectivity index (χ2n) is 2.98. The predicted octanol–water partition coefficient (Wildman–Crippen LogP) is 2.45. The summed E-state index contributed by atoms with van der Waals surface area (Å²) >= 11 is 3.28. The third-order valence-electron chi connectivity index (χ3n) is 1.91. The van der Waals surface area contributed by atoms with E-state index in [1.54, 1.807) is 19.6 Å². The van der Waals surface area contributed by atoms with Crippen LogP contribution in [0.4, 0.5) is 5.95 Å². The van der Waals surface area contributed by atoms with Crippen LogP contribution in [0.5, 0.6) is 5.88 Å². The first-order chi connectivity index (χ1) is 7.79. The molecule has 0 saturated carbocycles. The Hall–Kier alpha value is -1.56. The zero-order chi connectivity index (χ0) is 11.4. The lowest BCUT2D eigenvalue weighted by atomic mass is 10.4. The van der Waals surface area contributed by atoms with Crippen molar-refractivity contribution in [2.75, 3.05) is 12.4 Å². The van der Waals surface area contributed by atoms with E-state index < -0.39 is 0 Å². The minimum absolute atomic E-state index is 0.497. The molecule has 0 aliphatic rings. The quantitative estimate of drug-likeness (QED) is 0.934. The van der Waals surface area contributed by atoms with Crippen LogP contribution in [0.1, 0.15) is 5.76 Å². The average Bonchev–Trinajstić information content (AvgIpc) is 2.81. The average molecular weight is 284 g/mol. The number of aromatic nitrogens is 2. The number of hydrogen-bond donors (Lipinski definition) is 1. The molecule has 2 rings (SSSR count). The predicted molar refractivity (Wildman–Crippen MR) is 62.3 cm³/mol. The van der Waals surface area contributed by atoms with Crippen LogP contribution in [0.2, 0.25) is 0 Å². The van der Waals surface area contributed by atoms with Crippen molar-refractivity contribution in [1.82, 2.24) is 9.97 Å². The molecule has 0 aromatic carbocycles. The van der Waals surface area contributed by atoms with Crippen LogP contribution in [0.3, 0.4) is 0 Å². The van der Waals surface area contributed by atoms with Gasteiger partial charge in [0.2, 0.25) is 11.8 Å². The van der Waals surface area contributed by atoms with E-state index in [9.17, 15) is 0 Å². The highest BCUT2D eigenvalue weighted by molar-refractivity contribution is 9.10. The minimum Gasteiger partial charge on any atom is -0.480 e. The van der Waals surface area contributed by atoms with Gasteiger partial charge in [-0.3, -0.25) is 0 Å². The van der Waals surface area contributed by atoms with Crippen LogP contribution in [0.15, 0.2) is 33.5 Å². The summed E-state index contributed by atoms with van der Waals surface area (Å²) in [5.41, 5.74) is 0. The molecular weight excluding hydrogens is 274 g/mol. The van der Waals surface area contributed by atoms with Crippen LogP contribution in [0, 0.1) is 0 Å². The maximum Gasteiger partial charge on any atom is 0.232 e. The minimum atomic E-state index is 0.497. The Bertz CT molecular complexity index is 459. The van der Waals surface area contributed by atoms with E-state index in [0.29, 0.717) is 18.4 Å². The van der Waals surface area contributed by atoms with Crippen molar-refractivity contribution in [1.29, 1.82) is 0 Å². The lowest BCUT2D eigenvalue weighted by molar-refractivity contribution is 0.394. The highest BCUT2D eigenvalue weighted by Crippen LogP contribution is 2.21. The Morgan fingerprint density at radius 1 is 1.56 bits per heavy atom. The van der Waals surface area contributed by atoms with E-state index in [0.717, 1.165) is 10.2 Å². The number of ether oxygens (including phenoxy) is 1. The fraction of sp³-hybridized carbons (Fsp3) is 0.200. The lowest BCUT2D eigenvalue weighted by Crippen LogP contribution is -2.03. The third-order valence-corrected chi connectivity index (χ3v) is 2.45. The molecule has 6 heteroatoms. The number of furan rings is 1. The highest BCUT2D eigenvalue weighted by atomic mass is 79.9. The van der Waals surface area contributed by atoms with Crippen LogP contribution in [-0.4, -0.2) is 17.1 Å². The molecule has 2 aromatic rings. The van der Waals surface area contributed by atoms with Gasteiger partial charge in [-0.2, -0.15) is 4.98 Å². The van der Waals surface area contributed by atoms with E-state index in [1.807, 2.05) is 12.1 Å². The summed E-state index contributed by atoms with van der Waals surface area (Å²) in [5, 5.41) is 3.03. The van der Waals surface area contributed by atoms with Crippen LogP contribution >= 0.6 is 15.9 Å². The van der Waals surface area contributed by atoms with Gasteiger partial charge in [0.1, 0.15) is 5.76 Å². The third kappa shape index (κ3) is 2.52. The first-order valence-electron chi connectivity index (χ1n) is 4.62. The number of nitrogens with zero attached hydrogens (tertiary/aromatic N) is 2. The molecule has 5 nitrogen and oxygen atoms in total. The Balaban J connectivity index is 2.04. The van der Waals surface area contributed by atoms with Crippen molar-refractivity contribution in [3.8, 4) is 5.88 Å². The molecule has 0 spiro atoms. The molecule has 0 unspecified atom stereocenters. The van der Waals surface area contributed by atoms with Crippen molar-refractivity contribution < 1.29 is 9.15 Å². The fourth-order valence-corrected chi connectivity index (χ4v) is 1.51. The van der Waals surface area contributed by atoms with Gasteiger partial charge in [-0.1, -0.05) is 0 Å². The molecule has 1 N–H and O–H groups in total.